The molecule has 19 heavy (non-hydrogen) atoms. The summed E-state index contributed by atoms with van der Waals surface area (Å²) in [5, 5.41) is 7.38. The third-order valence-corrected chi connectivity index (χ3v) is 5.24. The molecule has 1 aromatic heterocycles. The molecule has 1 aliphatic rings. The Morgan fingerprint density at radius 2 is 2.42 bits per heavy atom. The van der Waals surface area contributed by atoms with Gasteiger partial charge in [0.05, 0.1) is 12.0 Å². The van der Waals surface area contributed by atoms with Gasteiger partial charge < -0.3 is 10.6 Å². The Labute approximate surface area is 119 Å². The summed E-state index contributed by atoms with van der Waals surface area (Å²) in [5.74, 6) is 0.519. The van der Waals surface area contributed by atoms with Gasteiger partial charge in [0.25, 0.3) is 0 Å². The Balaban J connectivity index is 1.96. The van der Waals surface area contributed by atoms with Crippen LogP contribution in [0.15, 0.2) is 6.20 Å². The standard InChI is InChI=1S/C14H23N3OS/c1-4-11-7-16-12(19-11)8-17-13(18)14(10(2)3)5-6-15-9-14/h7,10,15H,4-6,8-9H2,1-3H3,(H,17,18). The first kappa shape index (κ1) is 14.5. The van der Waals surface area contributed by atoms with Gasteiger partial charge in [-0.05, 0) is 25.3 Å². The van der Waals surface area contributed by atoms with E-state index in [1.54, 1.807) is 11.3 Å². The minimum absolute atomic E-state index is 0.167. The molecule has 1 amide bonds. The molecule has 2 heterocycles. The zero-order valence-electron chi connectivity index (χ0n) is 12.0. The molecule has 5 heteroatoms. The number of amides is 1. The van der Waals surface area contributed by atoms with Gasteiger partial charge in [0, 0.05) is 17.6 Å². The third kappa shape index (κ3) is 2.98. The average molecular weight is 281 g/mol. The van der Waals surface area contributed by atoms with Crippen LogP contribution in [0.3, 0.4) is 0 Å². The Morgan fingerprint density at radius 1 is 1.63 bits per heavy atom. The Kier molecular flexibility index (Phi) is 4.58. The Bertz CT molecular complexity index is 436. The Morgan fingerprint density at radius 3 is 2.95 bits per heavy atom. The molecule has 0 aliphatic carbocycles. The summed E-state index contributed by atoms with van der Waals surface area (Å²) in [7, 11) is 0. The lowest BCUT2D eigenvalue weighted by Gasteiger charge is -2.30. The summed E-state index contributed by atoms with van der Waals surface area (Å²) >= 11 is 1.68. The third-order valence-electron chi connectivity index (χ3n) is 4.10. The quantitative estimate of drug-likeness (QED) is 0.867. The van der Waals surface area contributed by atoms with Crippen LogP contribution in [0.1, 0.15) is 37.1 Å². The van der Waals surface area contributed by atoms with Crippen molar-refractivity contribution < 1.29 is 4.79 Å². The number of rotatable bonds is 5. The van der Waals surface area contributed by atoms with E-state index in [0.717, 1.165) is 30.9 Å². The van der Waals surface area contributed by atoms with Gasteiger partial charge in [-0.25, -0.2) is 4.98 Å². The van der Waals surface area contributed by atoms with E-state index < -0.39 is 0 Å². The smallest absolute Gasteiger partial charge is 0.228 e. The topological polar surface area (TPSA) is 54.0 Å². The van der Waals surface area contributed by atoms with Crippen molar-refractivity contribution in [3.63, 3.8) is 0 Å². The second-order valence-electron chi connectivity index (χ2n) is 5.49. The molecule has 4 nitrogen and oxygen atoms in total. The monoisotopic (exact) mass is 281 g/mol. The van der Waals surface area contributed by atoms with Crippen LogP contribution in [0, 0.1) is 11.3 Å². The first-order chi connectivity index (χ1) is 9.08. The SMILES string of the molecule is CCc1cnc(CNC(=O)C2(C(C)C)CCNC2)s1. The number of aromatic nitrogens is 1. The second kappa shape index (κ2) is 6.01. The number of aryl methyl sites for hydroxylation is 1. The first-order valence-corrected chi connectivity index (χ1v) is 7.82. The minimum atomic E-state index is -0.245. The summed E-state index contributed by atoms with van der Waals surface area (Å²) in [4.78, 5) is 18.1. The first-order valence-electron chi connectivity index (χ1n) is 7.01. The normalized spacial score (nSPS) is 22.9. The molecular weight excluding hydrogens is 258 g/mol. The molecule has 1 atom stereocenters. The van der Waals surface area contributed by atoms with E-state index in [0.29, 0.717) is 12.5 Å². The van der Waals surface area contributed by atoms with E-state index in [2.05, 4.69) is 36.4 Å². The zero-order valence-corrected chi connectivity index (χ0v) is 12.8. The van der Waals surface area contributed by atoms with Gasteiger partial charge in [0.2, 0.25) is 5.91 Å². The van der Waals surface area contributed by atoms with Crippen molar-refractivity contribution in [2.24, 2.45) is 11.3 Å². The highest BCUT2D eigenvalue weighted by molar-refractivity contribution is 7.11. The van der Waals surface area contributed by atoms with Crippen LogP contribution in [0.25, 0.3) is 0 Å². The summed E-state index contributed by atoms with van der Waals surface area (Å²) in [6.07, 6.45) is 3.83. The van der Waals surface area contributed by atoms with E-state index in [-0.39, 0.29) is 11.3 Å². The molecular formula is C14H23N3OS. The number of hydrogen-bond donors (Lipinski definition) is 2. The lowest BCUT2D eigenvalue weighted by atomic mass is 9.75. The highest BCUT2D eigenvalue weighted by Crippen LogP contribution is 2.34. The summed E-state index contributed by atoms with van der Waals surface area (Å²) < 4.78 is 0. The van der Waals surface area contributed by atoms with Gasteiger partial charge in [-0.2, -0.15) is 0 Å². The van der Waals surface area contributed by atoms with Crippen LogP contribution in [-0.2, 0) is 17.8 Å². The van der Waals surface area contributed by atoms with E-state index in [1.807, 2.05) is 6.20 Å². The molecule has 1 unspecified atom stereocenters. The fourth-order valence-electron chi connectivity index (χ4n) is 2.59. The maximum absolute atomic E-state index is 12.5. The van der Waals surface area contributed by atoms with Crippen LogP contribution in [0.2, 0.25) is 0 Å². The molecule has 1 fully saturated rings. The number of carbonyl (C=O) groups is 1. The molecule has 0 spiro atoms. The van der Waals surface area contributed by atoms with E-state index in [1.165, 1.54) is 4.88 Å². The molecule has 1 saturated heterocycles. The second-order valence-corrected chi connectivity index (χ2v) is 6.69. The largest absolute Gasteiger partial charge is 0.349 e. The fraction of sp³-hybridized carbons (Fsp3) is 0.714. The van der Waals surface area contributed by atoms with Crippen molar-refractivity contribution in [3.05, 3.63) is 16.1 Å². The molecule has 0 bridgehead atoms. The number of thiazole rings is 1. The van der Waals surface area contributed by atoms with Gasteiger partial charge in [-0.15, -0.1) is 11.3 Å². The number of nitrogens with one attached hydrogen (secondary N) is 2. The predicted octanol–water partition coefficient (Wildman–Crippen LogP) is 1.96. The maximum Gasteiger partial charge on any atom is 0.228 e. The van der Waals surface area contributed by atoms with Gasteiger partial charge >= 0.3 is 0 Å². The summed E-state index contributed by atoms with van der Waals surface area (Å²) in [6.45, 7) is 8.65. The Hall–Kier alpha value is -0.940. The molecule has 2 rings (SSSR count). The number of nitrogens with zero attached hydrogens (tertiary/aromatic N) is 1. The highest BCUT2D eigenvalue weighted by atomic mass is 32.1. The molecule has 0 radical (unpaired) electrons. The molecule has 0 saturated carbocycles. The van der Waals surface area contributed by atoms with E-state index in [4.69, 9.17) is 0 Å². The lowest BCUT2D eigenvalue weighted by molar-refractivity contribution is -0.132. The van der Waals surface area contributed by atoms with Crippen LogP contribution in [-0.4, -0.2) is 24.0 Å². The van der Waals surface area contributed by atoms with Gasteiger partial charge in [-0.3, -0.25) is 4.79 Å². The van der Waals surface area contributed by atoms with Crippen molar-refractivity contribution in [2.45, 2.75) is 40.2 Å². The zero-order chi connectivity index (χ0) is 13.9. The van der Waals surface area contributed by atoms with Crippen LogP contribution in [0.5, 0.6) is 0 Å². The minimum Gasteiger partial charge on any atom is -0.349 e. The van der Waals surface area contributed by atoms with Gasteiger partial charge in [-0.1, -0.05) is 20.8 Å². The van der Waals surface area contributed by atoms with Gasteiger partial charge in [0.15, 0.2) is 0 Å². The van der Waals surface area contributed by atoms with E-state index in [9.17, 15) is 4.79 Å². The van der Waals surface area contributed by atoms with E-state index >= 15 is 0 Å². The van der Waals surface area contributed by atoms with Crippen molar-refractivity contribution >= 4 is 17.2 Å². The highest BCUT2D eigenvalue weighted by Gasteiger charge is 2.43. The predicted molar refractivity (Wildman–Crippen MR) is 78.1 cm³/mol. The molecule has 1 aliphatic heterocycles. The van der Waals surface area contributed by atoms with Crippen LogP contribution in [0.4, 0.5) is 0 Å². The number of hydrogen-bond acceptors (Lipinski definition) is 4. The summed E-state index contributed by atoms with van der Waals surface area (Å²) in [6, 6.07) is 0. The summed E-state index contributed by atoms with van der Waals surface area (Å²) in [5.41, 5.74) is -0.245. The molecule has 106 valence electrons. The molecule has 1 aromatic rings. The maximum atomic E-state index is 12.5. The van der Waals surface area contributed by atoms with Gasteiger partial charge in [0.1, 0.15) is 5.01 Å². The van der Waals surface area contributed by atoms with Crippen molar-refractivity contribution in [1.82, 2.24) is 15.6 Å². The van der Waals surface area contributed by atoms with Crippen LogP contribution < -0.4 is 10.6 Å². The van der Waals surface area contributed by atoms with Crippen LogP contribution >= 0.6 is 11.3 Å². The lowest BCUT2D eigenvalue weighted by Crippen LogP contribution is -2.45. The van der Waals surface area contributed by atoms with Crippen molar-refractivity contribution in [1.29, 1.82) is 0 Å². The number of carbonyl (C=O) groups excluding carboxylic acids is 1. The molecule has 0 aromatic carbocycles. The fourth-order valence-corrected chi connectivity index (χ4v) is 3.39. The molecule has 2 N–H and O–H groups in total. The van der Waals surface area contributed by atoms with Crippen molar-refractivity contribution in [3.8, 4) is 0 Å². The average Bonchev–Trinajstić information content (AvgIpc) is 3.05. The van der Waals surface area contributed by atoms with Crippen molar-refractivity contribution in [2.75, 3.05) is 13.1 Å².